The number of ketones is 1. The smallest absolute Gasteiger partial charge is 0.205 e. The van der Waals surface area contributed by atoms with E-state index >= 15 is 0 Å². The van der Waals surface area contributed by atoms with Gasteiger partial charge < -0.3 is 4.42 Å². The number of benzene rings is 1. The van der Waals surface area contributed by atoms with E-state index in [2.05, 4.69) is 10.1 Å². The zero-order valence-corrected chi connectivity index (χ0v) is 10.8. The molecule has 1 aromatic carbocycles. The first-order valence-corrected chi connectivity index (χ1v) is 6.00. The maximum absolute atomic E-state index is 12.1. The van der Waals surface area contributed by atoms with Crippen LogP contribution in [-0.2, 0) is 13.5 Å². The SMILES string of the molecule is Cc1ccc2oc(C(=O)Cc3ncnn3C)cc2c1. The van der Waals surface area contributed by atoms with Crippen molar-refractivity contribution in [2.24, 2.45) is 7.05 Å². The lowest BCUT2D eigenvalue weighted by Gasteiger charge is -1.97. The van der Waals surface area contributed by atoms with E-state index in [1.807, 2.05) is 25.1 Å². The third kappa shape index (κ3) is 2.14. The first-order chi connectivity index (χ1) is 9.13. The van der Waals surface area contributed by atoms with Crippen LogP contribution in [0.2, 0.25) is 0 Å². The molecule has 0 spiro atoms. The van der Waals surface area contributed by atoms with Crippen molar-refractivity contribution in [3.8, 4) is 0 Å². The zero-order chi connectivity index (χ0) is 13.4. The minimum atomic E-state index is -0.0926. The van der Waals surface area contributed by atoms with Crippen LogP contribution in [0.15, 0.2) is 35.0 Å². The highest BCUT2D eigenvalue weighted by Gasteiger charge is 2.15. The molecule has 0 aliphatic rings. The molecule has 0 unspecified atom stereocenters. The zero-order valence-electron chi connectivity index (χ0n) is 10.8. The number of carbonyl (C=O) groups is 1. The number of hydrogen-bond acceptors (Lipinski definition) is 4. The van der Waals surface area contributed by atoms with E-state index in [1.54, 1.807) is 17.8 Å². The summed E-state index contributed by atoms with van der Waals surface area (Å²) in [6.07, 6.45) is 1.62. The largest absolute Gasteiger partial charge is 0.453 e. The second-order valence-electron chi connectivity index (χ2n) is 4.55. The number of hydrogen-bond donors (Lipinski definition) is 0. The topological polar surface area (TPSA) is 60.9 Å². The fourth-order valence-electron chi connectivity index (χ4n) is 2.01. The van der Waals surface area contributed by atoms with E-state index in [0.29, 0.717) is 11.6 Å². The summed E-state index contributed by atoms with van der Waals surface area (Å²) in [4.78, 5) is 16.2. The Bertz CT molecular complexity index is 755. The van der Waals surface area contributed by atoms with Crippen molar-refractivity contribution in [3.63, 3.8) is 0 Å². The molecule has 0 aliphatic carbocycles. The van der Waals surface area contributed by atoms with Gasteiger partial charge in [0.15, 0.2) is 5.76 Å². The summed E-state index contributed by atoms with van der Waals surface area (Å²) < 4.78 is 7.15. The molecule has 0 amide bonds. The molecule has 0 saturated carbocycles. The van der Waals surface area contributed by atoms with Gasteiger partial charge in [0.25, 0.3) is 0 Å². The Kier molecular flexibility index (Phi) is 2.67. The quantitative estimate of drug-likeness (QED) is 0.674. The van der Waals surface area contributed by atoms with Gasteiger partial charge in [-0.1, -0.05) is 11.6 Å². The second-order valence-corrected chi connectivity index (χ2v) is 4.55. The first-order valence-electron chi connectivity index (χ1n) is 6.00. The van der Waals surface area contributed by atoms with E-state index in [0.717, 1.165) is 16.5 Å². The second kappa shape index (κ2) is 4.35. The van der Waals surface area contributed by atoms with Gasteiger partial charge in [-0.15, -0.1) is 0 Å². The number of aryl methyl sites for hydroxylation is 2. The predicted octanol–water partition coefficient (Wildman–Crippen LogP) is 2.30. The molecule has 0 bridgehead atoms. The maximum atomic E-state index is 12.1. The van der Waals surface area contributed by atoms with E-state index in [9.17, 15) is 4.79 Å². The number of furan rings is 1. The van der Waals surface area contributed by atoms with Crippen LogP contribution in [0.1, 0.15) is 21.9 Å². The molecular formula is C14H13N3O2. The van der Waals surface area contributed by atoms with Gasteiger partial charge in [0.2, 0.25) is 5.78 Å². The molecule has 3 rings (SSSR count). The number of fused-ring (bicyclic) bond motifs is 1. The summed E-state index contributed by atoms with van der Waals surface area (Å²) >= 11 is 0. The van der Waals surface area contributed by atoms with Crippen LogP contribution in [0.4, 0.5) is 0 Å². The van der Waals surface area contributed by atoms with Crippen molar-refractivity contribution in [3.05, 3.63) is 47.7 Å². The fourth-order valence-corrected chi connectivity index (χ4v) is 2.01. The lowest BCUT2D eigenvalue weighted by atomic mass is 10.1. The van der Waals surface area contributed by atoms with Gasteiger partial charge in [0, 0.05) is 12.4 Å². The molecule has 96 valence electrons. The monoisotopic (exact) mass is 255 g/mol. The van der Waals surface area contributed by atoms with Gasteiger partial charge in [0.1, 0.15) is 17.7 Å². The van der Waals surface area contributed by atoms with Crippen LogP contribution in [0.3, 0.4) is 0 Å². The van der Waals surface area contributed by atoms with Gasteiger partial charge in [-0.05, 0) is 25.1 Å². The van der Waals surface area contributed by atoms with Gasteiger partial charge in [-0.25, -0.2) is 4.98 Å². The lowest BCUT2D eigenvalue weighted by Crippen LogP contribution is -2.08. The molecule has 5 heteroatoms. The van der Waals surface area contributed by atoms with Crippen LogP contribution in [0.5, 0.6) is 0 Å². The lowest BCUT2D eigenvalue weighted by molar-refractivity contribution is 0.0965. The van der Waals surface area contributed by atoms with E-state index in [1.165, 1.54) is 6.33 Å². The summed E-state index contributed by atoms with van der Waals surface area (Å²) in [5.74, 6) is 0.898. The molecular weight excluding hydrogens is 242 g/mol. The summed E-state index contributed by atoms with van der Waals surface area (Å²) in [6.45, 7) is 2.01. The van der Waals surface area contributed by atoms with Gasteiger partial charge in [-0.3, -0.25) is 9.48 Å². The summed E-state index contributed by atoms with van der Waals surface area (Å²) in [6, 6.07) is 7.62. The average Bonchev–Trinajstić information content (AvgIpc) is 2.96. The van der Waals surface area contributed by atoms with Gasteiger partial charge in [-0.2, -0.15) is 5.10 Å². The Labute approximate surface area is 109 Å². The molecule has 0 atom stereocenters. The number of aromatic nitrogens is 3. The normalized spacial score (nSPS) is 11.1. The van der Waals surface area contributed by atoms with Crippen LogP contribution in [0, 0.1) is 6.92 Å². The Morgan fingerprint density at radius 1 is 1.37 bits per heavy atom. The van der Waals surface area contributed by atoms with Crippen LogP contribution < -0.4 is 0 Å². The van der Waals surface area contributed by atoms with E-state index in [-0.39, 0.29) is 12.2 Å². The predicted molar refractivity (Wildman–Crippen MR) is 70.0 cm³/mol. The molecule has 5 nitrogen and oxygen atoms in total. The van der Waals surface area contributed by atoms with Crippen molar-refractivity contribution in [2.75, 3.05) is 0 Å². The molecule has 2 heterocycles. The minimum absolute atomic E-state index is 0.0926. The van der Waals surface area contributed by atoms with Crippen LogP contribution in [-0.4, -0.2) is 20.5 Å². The third-order valence-corrected chi connectivity index (χ3v) is 3.07. The van der Waals surface area contributed by atoms with Crippen LogP contribution >= 0.6 is 0 Å². The average molecular weight is 255 g/mol. The molecule has 0 radical (unpaired) electrons. The Morgan fingerprint density at radius 2 is 2.21 bits per heavy atom. The van der Waals surface area contributed by atoms with Crippen molar-refractivity contribution < 1.29 is 9.21 Å². The van der Waals surface area contributed by atoms with Crippen LogP contribution in [0.25, 0.3) is 11.0 Å². The maximum Gasteiger partial charge on any atom is 0.205 e. The molecule has 0 saturated heterocycles. The highest BCUT2D eigenvalue weighted by atomic mass is 16.3. The number of nitrogens with zero attached hydrogens (tertiary/aromatic N) is 3. The van der Waals surface area contributed by atoms with Crippen molar-refractivity contribution in [1.82, 2.24) is 14.8 Å². The van der Waals surface area contributed by atoms with Crippen molar-refractivity contribution in [1.29, 1.82) is 0 Å². The van der Waals surface area contributed by atoms with E-state index < -0.39 is 0 Å². The standard InChI is InChI=1S/C14H13N3O2/c1-9-3-4-12-10(5-9)6-13(19-12)11(18)7-14-15-8-16-17(14)2/h3-6,8H,7H2,1-2H3. The number of rotatable bonds is 3. The van der Waals surface area contributed by atoms with Crippen molar-refractivity contribution >= 4 is 16.8 Å². The molecule has 0 aliphatic heterocycles. The molecule has 0 fully saturated rings. The van der Waals surface area contributed by atoms with Gasteiger partial charge >= 0.3 is 0 Å². The summed E-state index contributed by atoms with van der Waals surface area (Å²) in [5.41, 5.74) is 1.87. The highest BCUT2D eigenvalue weighted by molar-refractivity contribution is 5.98. The molecule has 2 aromatic heterocycles. The Hall–Kier alpha value is -2.43. The van der Waals surface area contributed by atoms with Gasteiger partial charge in [0.05, 0.1) is 6.42 Å². The summed E-state index contributed by atoms with van der Waals surface area (Å²) in [5, 5.41) is 4.89. The first kappa shape index (κ1) is 11.6. The number of carbonyl (C=O) groups excluding carboxylic acids is 1. The van der Waals surface area contributed by atoms with Crippen molar-refractivity contribution in [2.45, 2.75) is 13.3 Å². The highest BCUT2D eigenvalue weighted by Crippen LogP contribution is 2.21. The summed E-state index contributed by atoms with van der Waals surface area (Å²) in [7, 11) is 1.76. The molecule has 19 heavy (non-hydrogen) atoms. The third-order valence-electron chi connectivity index (χ3n) is 3.07. The molecule has 0 N–H and O–H groups in total. The Morgan fingerprint density at radius 3 is 2.95 bits per heavy atom. The van der Waals surface area contributed by atoms with E-state index in [4.69, 9.17) is 4.42 Å². The Balaban J connectivity index is 1.91. The fraction of sp³-hybridized carbons (Fsp3) is 0.214. The molecule has 3 aromatic rings. The minimum Gasteiger partial charge on any atom is -0.453 e. The number of Topliss-reactive ketones (excluding diaryl/α,β-unsaturated/α-hetero) is 1.